The van der Waals surface area contributed by atoms with Gasteiger partial charge in [-0.15, -0.1) is 0 Å². The normalized spacial score (nSPS) is 11.5. The van der Waals surface area contributed by atoms with Gasteiger partial charge in [0, 0.05) is 37.3 Å². The lowest BCUT2D eigenvalue weighted by atomic mass is 10.1. The van der Waals surface area contributed by atoms with Crippen molar-refractivity contribution >= 4 is 27.5 Å². The number of halogens is 1. The lowest BCUT2D eigenvalue weighted by Crippen LogP contribution is -2.31. The van der Waals surface area contributed by atoms with Gasteiger partial charge >= 0.3 is 0 Å². The number of rotatable bonds is 8. The predicted molar refractivity (Wildman–Crippen MR) is 110 cm³/mol. The third-order valence-electron chi connectivity index (χ3n) is 4.41. The number of carbonyl (C=O) groups is 1. The van der Waals surface area contributed by atoms with E-state index in [0.29, 0.717) is 24.7 Å². The van der Waals surface area contributed by atoms with Gasteiger partial charge in [-0.05, 0) is 35.9 Å². The fourth-order valence-electron chi connectivity index (χ4n) is 2.87. The van der Waals surface area contributed by atoms with Crippen molar-refractivity contribution < 1.29 is 17.9 Å². The van der Waals surface area contributed by atoms with Gasteiger partial charge in [-0.3, -0.25) is 4.79 Å². The number of nitrogens with zero attached hydrogens (tertiary/aromatic N) is 2. The summed E-state index contributed by atoms with van der Waals surface area (Å²) in [6.45, 7) is 4.57. The first-order chi connectivity index (χ1) is 13.2. The fraction of sp³-hybridized carbons (Fsp3) is 0.350. The molecule has 1 amide bonds. The molecule has 2 aromatic carbocycles. The van der Waals surface area contributed by atoms with Crippen LogP contribution in [0, 0.1) is 0 Å². The van der Waals surface area contributed by atoms with Crippen LogP contribution in [0.1, 0.15) is 29.8 Å². The van der Waals surface area contributed by atoms with Crippen molar-refractivity contribution in [3.8, 4) is 5.75 Å². The number of sulfonamides is 1. The summed E-state index contributed by atoms with van der Waals surface area (Å²) < 4.78 is 32.5. The standard InChI is InChI=1S/C20H25ClN2O4S/c1-5-23(6-2)28(25,26)19-13-16(9-12-18(19)27-4)20(24)22(3)14-15-7-10-17(21)11-8-15/h7-13H,5-6,14H2,1-4H3. The molecule has 2 rings (SSSR count). The van der Waals surface area contributed by atoms with Gasteiger partial charge in [-0.2, -0.15) is 4.31 Å². The van der Waals surface area contributed by atoms with E-state index in [4.69, 9.17) is 16.3 Å². The van der Waals surface area contributed by atoms with Crippen LogP contribution in [-0.2, 0) is 16.6 Å². The van der Waals surface area contributed by atoms with E-state index in [1.165, 1.54) is 28.4 Å². The Hall–Kier alpha value is -2.09. The number of hydrogen-bond acceptors (Lipinski definition) is 4. The summed E-state index contributed by atoms with van der Waals surface area (Å²) in [4.78, 5) is 14.4. The maximum Gasteiger partial charge on any atom is 0.253 e. The Morgan fingerprint density at radius 2 is 1.68 bits per heavy atom. The maximum atomic E-state index is 13.0. The van der Waals surface area contributed by atoms with E-state index >= 15 is 0 Å². The highest BCUT2D eigenvalue weighted by atomic mass is 35.5. The van der Waals surface area contributed by atoms with Crippen LogP contribution in [0.3, 0.4) is 0 Å². The highest BCUT2D eigenvalue weighted by molar-refractivity contribution is 7.89. The van der Waals surface area contributed by atoms with Crippen LogP contribution in [-0.4, -0.2) is 50.8 Å². The van der Waals surface area contributed by atoms with Crippen LogP contribution in [0.25, 0.3) is 0 Å². The Balaban J connectivity index is 2.35. The lowest BCUT2D eigenvalue weighted by molar-refractivity contribution is 0.0785. The zero-order valence-corrected chi connectivity index (χ0v) is 18.0. The van der Waals surface area contributed by atoms with Crippen LogP contribution >= 0.6 is 11.6 Å². The Labute approximate surface area is 171 Å². The molecule has 2 aromatic rings. The van der Waals surface area contributed by atoms with Crippen LogP contribution in [0.15, 0.2) is 47.4 Å². The number of benzene rings is 2. The van der Waals surface area contributed by atoms with Crippen molar-refractivity contribution in [2.45, 2.75) is 25.3 Å². The molecule has 0 aliphatic heterocycles. The number of amides is 1. The molecule has 0 bridgehead atoms. The number of methoxy groups -OCH3 is 1. The smallest absolute Gasteiger partial charge is 0.253 e. The van der Waals surface area contributed by atoms with Gasteiger partial charge in [0.05, 0.1) is 7.11 Å². The predicted octanol–water partition coefficient (Wildman–Crippen LogP) is 3.65. The molecule has 0 atom stereocenters. The highest BCUT2D eigenvalue weighted by Gasteiger charge is 2.27. The second-order valence-corrected chi connectivity index (χ2v) is 8.59. The zero-order chi connectivity index (χ0) is 20.9. The van der Waals surface area contributed by atoms with Gasteiger partial charge in [0.25, 0.3) is 5.91 Å². The van der Waals surface area contributed by atoms with Crippen molar-refractivity contribution in [1.82, 2.24) is 9.21 Å². The van der Waals surface area contributed by atoms with E-state index in [1.54, 1.807) is 39.1 Å². The van der Waals surface area contributed by atoms with Crippen LogP contribution in [0.5, 0.6) is 5.75 Å². The topological polar surface area (TPSA) is 66.9 Å². The molecule has 0 radical (unpaired) electrons. The molecule has 0 aromatic heterocycles. The van der Waals surface area contributed by atoms with Gasteiger partial charge in [0.15, 0.2) is 0 Å². The van der Waals surface area contributed by atoms with Crippen LogP contribution < -0.4 is 4.74 Å². The Bertz CT molecular complexity index is 926. The summed E-state index contributed by atoms with van der Waals surface area (Å²) in [6.07, 6.45) is 0. The molecule has 152 valence electrons. The van der Waals surface area contributed by atoms with Gasteiger partial charge in [-0.25, -0.2) is 8.42 Å². The summed E-state index contributed by atoms with van der Waals surface area (Å²) in [7, 11) is -0.693. The van der Waals surface area contributed by atoms with Crippen molar-refractivity contribution in [3.63, 3.8) is 0 Å². The molecule has 28 heavy (non-hydrogen) atoms. The average Bonchev–Trinajstić information content (AvgIpc) is 2.69. The molecular weight excluding hydrogens is 400 g/mol. The first kappa shape index (κ1) is 22.2. The van der Waals surface area contributed by atoms with E-state index < -0.39 is 10.0 Å². The van der Waals surface area contributed by atoms with E-state index in [-0.39, 0.29) is 22.1 Å². The average molecular weight is 425 g/mol. The first-order valence-electron chi connectivity index (χ1n) is 8.92. The Morgan fingerprint density at radius 1 is 1.07 bits per heavy atom. The zero-order valence-electron chi connectivity index (χ0n) is 16.5. The minimum Gasteiger partial charge on any atom is -0.495 e. The summed E-state index contributed by atoms with van der Waals surface area (Å²) in [6, 6.07) is 11.7. The van der Waals surface area contributed by atoms with E-state index in [9.17, 15) is 13.2 Å². The molecule has 8 heteroatoms. The summed E-state index contributed by atoms with van der Waals surface area (Å²) in [5.41, 5.74) is 1.20. The van der Waals surface area contributed by atoms with E-state index in [2.05, 4.69) is 0 Å². The fourth-order valence-corrected chi connectivity index (χ4v) is 4.64. The molecule has 0 aliphatic rings. The molecule has 0 aliphatic carbocycles. The molecule has 0 N–H and O–H groups in total. The quantitative estimate of drug-likeness (QED) is 0.648. The Kier molecular flexibility index (Phi) is 7.46. The second-order valence-electron chi connectivity index (χ2n) is 6.24. The molecule has 0 heterocycles. The Morgan fingerprint density at radius 3 is 2.21 bits per heavy atom. The summed E-state index contributed by atoms with van der Waals surface area (Å²) >= 11 is 5.89. The molecular formula is C20H25ClN2O4S. The third-order valence-corrected chi connectivity index (χ3v) is 6.74. The van der Waals surface area contributed by atoms with Gasteiger partial charge in [-0.1, -0.05) is 37.6 Å². The molecule has 0 unspecified atom stereocenters. The van der Waals surface area contributed by atoms with Gasteiger partial charge in [0.1, 0.15) is 10.6 Å². The maximum absolute atomic E-state index is 13.0. The number of ether oxygens (including phenoxy) is 1. The molecule has 0 fully saturated rings. The molecule has 0 saturated carbocycles. The third kappa shape index (κ3) is 4.84. The summed E-state index contributed by atoms with van der Waals surface area (Å²) in [5.74, 6) is -0.0718. The SMILES string of the molecule is CCN(CC)S(=O)(=O)c1cc(C(=O)N(C)Cc2ccc(Cl)cc2)ccc1OC. The minimum absolute atomic E-state index is 0.00978. The number of carbonyl (C=O) groups excluding carboxylic acids is 1. The monoisotopic (exact) mass is 424 g/mol. The van der Waals surface area contributed by atoms with Crippen molar-refractivity contribution in [3.05, 3.63) is 58.6 Å². The second kappa shape index (κ2) is 9.41. The minimum atomic E-state index is -3.77. The van der Waals surface area contributed by atoms with Crippen molar-refractivity contribution in [1.29, 1.82) is 0 Å². The molecule has 0 saturated heterocycles. The van der Waals surface area contributed by atoms with Crippen molar-refractivity contribution in [2.75, 3.05) is 27.2 Å². The molecule has 0 spiro atoms. The van der Waals surface area contributed by atoms with Crippen LogP contribution in [0.2, 0.25) is 5.02 Å². The lowest BCUT2D eigenvalue weighted by Gasteiger charge is -2.22. The van der Waals surface area contributed by atoms with Gasteiger partial charge < -0.3 is 9.64 Å². The van der Waals surface area contributed by atoms with Crippen LogP contribution in [0.4, 0.5) is 0 Å². The van der Waals surface area contributed by atoms with E-state index in [0.717, 1.165) is 5.56 Å². The largest absolute Gasteiger partial charge is 0.495 e. The van der Waals surface area contributed by atoms with Gasteiger partial charge in [0.2, 0.25) is 10.0 Å². The first-order valence-corrected chi connectivity index (χ1v) is 10.7. The van der Waals surface area contributed by atoms with Crippen molar-refractivity contribution in [2.24, 2.45) is 0 Å². The van der Waals surface area contributed by atoms with E-state index in [1.807, 2.05) is 12.1 Å². The highest BCUT2D eigenvalue weighted by Crippen LogP contribution is 2.28. The molecule has 6 nitrogen and oxygen atoms in total. The summed E-state index contributed by atoms with van der Waals surface area (Å²) in [5, 5.41) is 0.624. The number of hydrogen-bond donors (Lipinski definition) is 0.